The summed E-state index contributed by atoms with van der Waals surface area (Å²) in [5, 5.41) is 14.1. The Hall–Kier alpha value is -2.39. The number of nitriles is 1. The van der Waals surface area contributed by atoms with Gasteiger partial charge < -0.3 is 11.5 Å². The highest BCUT2D eigenvalue weighted by Crippen LogP contribution is 2.31. The van der Waals surface area contributed by atoms with Gasteiger partial charge in [-0.05, 0) is 63.0 Å². The lowest BCUT2D eigenvalue weighted by Gasteiger charge is -2.26. The zero-order valence-corrected chi connectivity index (χ0v) is 15.7. The lowest BCUT2D eigenvalue weighted by molar-refractivity contribution is 0.325. The van der Waals surface area contributed by atoms with E-state index in [1.54, 1.807) is 0 Å². The van der Waals surface area contributed by atoms with E-state index in [1.165, 1.54) is 0 Å². The molecular weight excluding hydrogens is 324 g/mol. The van der Waals surface area contributed by atoms with Crippen molar-refractivity contribution in [1.29, 1.82) is 5.26 Å². The fraction of sp³-hybridized carbons (Fsp3) is 0.550. The summed E-state index contributed by atoms with van der Waals surface area (Å²) in [7, 11) is 0. The van der Waals surface area contributed by atoms with E-state index in [-0.39, 0.29) is 0 Å². The first-order valence-corrected chi connectivity index (χ1v) is 9.51. The van der Waals surface area contributed by atoms with Gasteiger partial charge in [0.1, 0.15) is 11.9 Å². The van der Waals surface area contributed by atoms with Crippen LogP contribution in [0.15, 0.2) is 12.3 Å². The topological polar surface area (TPSA) is 107 Å². The number of pyridine rings is 1. The standard InChI is InChI=1S/C20H28N6/c1-3-8-26-12-18(13(2)25-26)19-10-15(17(11-21)20(23)24-19)9-14-4-6-16(22)7-5-14/h10,12,14,16H,3-9,22H2,1-2H3,(H2,23,24). The second-order valence-electron chi connectivity index (χ2n) is 7.41. The van der Waals surface area contributed by atoms with Gasteiger partial charge in [-0.25, -0.2) is 4.98 Å². The third-order valence-electron chi connectivity index (χ3n) is 5.32. The number of hydrogen-bond donors (Lipinski definition) is 2. The lowest BCUT2D eigenvalue weighted by Crippen LogP contribution is -2.27. The van der Waals surface area contributed by atoms with Crippen molar-refractivity contribution in [3.05, 3.63) is 29.1 Å². The highest BCUT2D eigenvalue weighted by molar-refractivity contribution is 5.67. The van der Waals surface area contributed by atoms with Crippen LogP contribution < -0.4 is 11.5 Å². The van der Waals surface area contributed by atoms with Crippen LogP contribution in [0.2, 0.25) is 0 Å². The molecule has 2 heterocycles. The Morgan fingerprint density at radius 3 is 2.69 bits per heavy atom. The smallest absolute Gasteiger partial charge is 0.142 e. The van der Waals surface area contributed by atoms with Crippen LogP contribution in [0.1, 0.15) is 55.8 Å². The molecular formula is C20H28N6. The van der Waals surface area contributed by atoms with E-state index in [4.69, 9.17) is 11.5 Å². The Morgan fingerprint density at radius 1 is 1.31 bits per heavy atom. The van der Waals surface area contributed by atoms with Gasteiger partial charge >= 0.3 is 0 Å². The molecule has 0 saturated heterocycles. The van der Waals surface area contributed by atoms with E-state index in [1.807, 2.05) is 23.9 Å². The summed E-state index contributed by atoms with van der Waals surface area (Å²) in [5.74, 6) is 0.871. The van der Waals surface area contributed by atoms with Crippen LogP contribution in [-0.4, -0.2) is 20.8 Å². The molecule has 0 radical (unpaired) electrons. The molecule has 4 N–H and O–H groups in total. The van der Waals surface area contributed by atoms with Crippen LogP contribution in [0, 0.1) is 24.2 Å². The normalized spacial score (nSPS) is 20.1. The number of nitrogen functional groups attached to an aromatic ring is 1. The largest absolute Gasteiger partial charge is 0.383 e. The van der Waals surface area contributed by atoms with Crippen molar-refractivity contribution in [2.75, 3.05) is 5.73 Å². The Morgan fingerprint density at radius 2 is 2.04 bits per heavy atom. The number of anilines is 1. The maximum absolute atomic E-state index is 9.55. The second kappa shape index (κ2) is 7.88. The summed E-state index contributed by atoms with van der Waals surface area (Å²) in [5.41, 5.74) is 16.4. The number of aryl methyl sites for hydroxylation is 2. The molecule has 1 aliphatic carbocycles. The summed E-state index contributed by atoms with van der Waals surface area (Å²) in [6.07, 6.45) is 8.24. The van der Waals surface area contributed by atoms with Crippen molar-refractivity contribution in [2.24, 2.45) is 11.7 Å². The zero-order chi connectivity index (χ0) is 18.7. The van der Waals surface area contributed by atoms with Crippen LogP contribution in [0.4, 0.5) is 5.82 Å². The minimum Gasteiger partial charge on any atom is -0.383 e. The quantitative estimate of drug-likeness (QED) is 0.859. The Balaban J connectivity index is 1.93. The maximum Gasteiger partial charge on any atom is 0.142 e. The molecule has 26 heavy (non-hydrogen) atoms. The van der Waals surface area contributed by atoms with E-state index < -0.39 is 0 Å². The van der Waals surface area contributed by atoms with Crippen LogP contribution in [0.25, 0.3) is 11.3 Å². The van der Waals surface area contributed by atoms with Crippen molar-refractivity contribution < 1.29 is 0 Å². The highest BCUT2D eigenvalue weighted by atomic mass is 15.3. The average Bonchev–Trinajstić information content (AvgIpc) is 2.97. The Labute approximate surface area is 155 Å². The van der Waals surface area contributed by atoms with Gasteiger partial charge in [0, 0.05) is 24.3 Å². The van der Waals surface area contributed by atoms with Gasteiger partial charge in [-0.1, -0.05) is 6.92 Å². The predicted octanol–water partition coefficient (Wildman–Crippen LogP) is 3.18. The van der Waals surface area contributed by atoms with Gasteiger partial charge in [0.05, 0.1) is 17.0 Å². The number of rotatable bonds is 5. The predicted molar refractivity (Wildman–Crippen MR) is 103 cm³/mol. The lowest BCUT2D eigenvalue weighted by atomic mass is 9.82. The maximum atomic E-state index is 9.55. The Bertz CT molecular complexity index is 808. The molecule has 1 aliphatic rings. The first-order valence-electron chi connectivity index (χ1n) is 9.51. The fourth-order valence-corrected chi connectivity index (χ4v) is 3.86. The number of hydrogen-bond acceptors (Lipinski definition) is 5. The molecule has 2 aromatic heterocycles. The summed E-state index contributed by atoms with van der Waals surface area (Å²) >= 11 is 0. The van der Waals surface area contributed by atoms with Gasteiger partial charge in [-0.2, -0.15) is 10.4 Å². The van der Waals surface area contributed by atoms with Crippen molar-refractivity contribution in [3.8, 4) is 17.3 Å². The first kappa shape index (κ1) is 18.4. The van der Waals surface area contributed by atoms with Crippen LogP contribution >= 0.6 is 0 Å². The first-order chi connectivity index (χ1) is 12.5. The van der Waals surface area contributed by atoms with Crippen LogP contribution in [-0.2, 0) is 13.0 Å². The van der Waals surface area contributed by atoms with E-state index in [0.717, 1.165) is 67.6 Å². The molecule has 3 rings (SSSR count). The summed E-state index contributed by atoms with van der Waals surface area (Å²) in [6.45, 7) is 4.99. The van der Waals surface area contributed by atoms with Crippen molar-refractivity contribution in [3.63, 3.8) is 0 Å². The second-order valence-corrected chi connectivity index (χ2v) is 7.41. The third-order valence-corrected chi connectivity index (χ3v) is 5.32. The molecule has 0 unspecified atom stereocenters. The van der Waals surface area contributed by atoms with Crippen molar-refractivity contribution >= 4 is 5.82 Å². The molecule has 2 aromatic rings. The Kier molecular flexibility index (Phi) is 5.58. The summed E-state index contributed by atoms with van der Waals surface area (Å²) in [4.78, 5) is 4.50. The molecule has 0 aliphatic heterocycles. The molecule has 0 amide bonds. The van der Waals surface area contributed by atoms with E-state index in [0.29, 0.717) is 23.3 Å². The number of aromatic nitrogens is 3. The number of nitrogens with two attached hydrogens (primary N) is 2. The summed E-state index contributed by atoms with van der Waals surface area (Å²) in [6, 6.07) is 4.61. The molecule has 0 spiro atoms. The van der Waals surface area contributed by atoms with Gasteiger partial charge in [-0.15, -0.1) is 0 Å². The van der Waals surface area contributed by atoms with Crippen LogP contribution in [0.5, 0.6) is 0 Å². The number of nitrogens with zero attached hydrogens (tertiary/aromatic N) is 4. The van der Waals surface area contributed by atoms with Gasteiger partial charge in [0.25, 0.3) is 0 Å². The fourth-order valence-electron chi connectivity index (χ4n) is 3.86. The van der Waals surface area contributed by atoms with E-state index in [9.17, 15) is 5.26 Å². The monoisotopic (exact) mass is 352 g/mol. The molecule has 0 aromatic carbocycles. The molecule has 6 nitrogen and oxygen atoms in total. The molecule has 6 heteroatoms. The summed E-state index contributed by atoms with van der Waals surface area (Å²) < 4.78 is 1.95. The van der Waals surface area contributed by atoms with Gasteiger partial charge in [0.2, 0.25) is 0 Å². The van der Waals surface area contributed by atoms with Gasteiger partial charge in [-0.3, -0.25) is 4.68 Å². The van der Waals surface area contributed by atoms with E-state index in [2.05, 4.69) is 23.1 Å². The van der Waals surface area contributed by atoms with Crippen molar-refractivity contribution in [2.45, 2.75) is 65.0 Å². The van der Waals surface area contributed by atoms with E-state index >= 15 is 0 Å². The highest BCUT2D eigenvalue weighted by Gasteiger charge is 2.22. The van der Waals surface area contributed by atoms with Crippen LogP contribution in [0.3, 0.4) is 0 Å². The molecule has 0 bridgehead atoms. The minimum atomic E-state index is 0.315. The average molecular weight is 352 g/mol. The molecule has 1 fully saturated rings. The minimum absolute atomic E-state index is 0.315. The zero-order valence-electron chi connectivity index (χ0n) is 15.7. The molecule has 0 atom stereocenters. The molecule has 1 saturated carbocycles. The third kappa shape index (κ3) is 3.88. The molecule has 138 valence electrons. The SMILES string of the molecule is CCCn1cc(-c2cc(CC3CCC(N)CC3)c(C#N)c(N)n2)c(C)n1. The van der Waals surface area contributed by atoms with Gasteiger partial charge in [0.15, 0.2) is 0 Å². The van der Waals surface area contributed by atoms with Crippen molar-refractivity contribution in [1.82, 2.24) is 14.8 Å².